The van der Waals surface area contributed by atoms with Crippen molar-refractivity contribution in [3.05, 3.63) is 29.3 Å². The van der Waals surface area contributed by atoms with E-state index in [-0.39, 0.29) is 11.6 Å². The molecule has 21 heavy (non-hydrogen) atoms. The molecule has 1 heterocycles. The van der Waals surface area contributed by atoms with Gasteiger partial charge in [0.05, 0.1) is 5.56 Å². The van der Waals surface area contributed by atoms with Gasteiger partial charge in [-0.15, -0.1) is 0 Å². The molecule has 114 valence electrons. The van der Waals surface area contributed by atoms with Crippen molar-refractivity contribution >= 4 is 17.7 Å². The first-order valence-electron chi connectivity index (χ1n) is 7.06. The molecular weight excluding hydrogens is 270 g/mol. The summed E-state index contributed by atoms with van der Waals surface area (Å²) < 4.78 is 0. The average molecular weight is 291 g/mol. The fourth-order valence-electron chi connectivity index (χ4n) is 2.45. The van der Waals surface area contributed by atoms with Crippen LogP contribution in [0.1, 0.15) is 22.3 Å². The van der Waals surface area contributed by atoms with Gasteiger partial charge in [-0.25, -0.2) is 9.59 Å². The summed E-state index contributed by atoms with van der Waals surface area (Å²) in [5.74, 6) is -0.986. The van der Waals surface area contributed by atoms with E-state index in [1.54, 1.807) is 24.0 Å². The molecule has 1 aromatic carbocycles. The highest BCUT2D eigenvalue weighted by atomic mass is 16.4. The highest BCUT2D eigenvalue weighted by Gasteiger charge is 2.19. The summed E-state index contributed by atoms with van der Waals surface area (Å²) >= 11 is 0. The minimum Gasteiger partial charge on any atom is -0.478 e. The van der Waals surface area contributed by atoms with Crippen molar-refractivity contribution in [2.24, 2.45) is 0 Å². The van der Waals surface area contributed by atoms with Gasteiger partial charge >= 0.3 is 12.0 Å². The van der Waals surface area contributed by atoms with Gasteiger partial charge in [0.25, 0.3) is 0 Å². The lowest BCUT2D eigenvalue weighted by atomic mass is 10.1. The van der Waals surface area contributed by atoms with Crippen molar-refractivity contribution in [2.75, 3.05) is 38.5 Å². The van der Waals surface area contributed by atoms with Crippen molar-refractivity contribution in [3.63, 3.8) is 0 Å². The summed E-state index contributed by atoms with van der Waals surface area (Å²) in [5, 5.41) is 11.9. The van der Waals surface area contributed by atoms with E-state index in [2.05, 4.69) is 10.2 Å². The number of hydrogen-bond donors (Lipinski definition) is 2. The maximum atomic E-state index is 12.3. The van der Waals surface area contributed by atoms with Gasteiger partial charge in [0.15, 0.2) is 0 Å². The first-order valence-corrected chi connectivity index (χ1v) is 7.06. The van der Waals surface area contributed by atoms with Crippen LogP contribution < -0.4 is 5.32 Å². The molecule has 2 N–H and O–H groups in total. The quantitative estimate of drug-likeness (QED) is 0.872. The number of rotatable bonds is 2. The zero-order valence-corrected chi connectivity index (χ0v) is 12.4. The van der Waals surface area contributed by atoms with Crippen molar-refractivity contribution in [2.45, 2.75) is 13.3 Å². The van der Waals surface area contributed by atoms with Gasteiger partial charge in [-0.1, -0.05) is 6.07 Å². The van der Waals surface area contributed by atoms with Crippen molar-refractivity contribution in [3.8, 4) is 0 Å². The Bertz CT molecular complexity index is 545. The molecular formula is C15H21N3O3. The number of aromatic carboxylic acids is 1. The van der Waals surface area contributed by atoms with Crippen LogP contribution in [-0.2, 0) is 0 Å². The number of amides is 2. The Morgan fingerprint density at radius 1 is 1.19 bits per heavy atom. The smallest absolute Gasteiger partial charge is 0.336 e. The van der Waals surface area contributed by atoms with Crippen molar-refractivity contribution in [1.82, 2.24) is 9.80 Å². The van der Waals surface area contributed by atoms with E-state index in [4.69, 9.17) is 5.11 Å². The zero-order chi connectivity index (χ0) is 15.4. The first-order chi connectivity index (χ1) is 9.99. The van der Waals surface area contributed by atoms with E-state index in [9.17, 15) is 9.59 Å². The monoisotopic (exact) mass is 291 g/mol. The average Bonchev–Trinajstić information content (AvgIpc) is 2.65. The molecule has 0 aliphatic carbocycles. The molecule has 0 atom stereocenters. The first kappa shape index (κ1) is 15.3. The molecule has 0 aromatic heterocycles. The second-order valence-corrected chi connectivity index (χ2v) is 5.36. The number of hydrogen-bond acceptors (Lipinski definition) is 3. The maximum absolute atomic E-state index is 12.3. The Balaban J connectivity index is 2.09. The Hall–Kier alpha value is -2.08. The van der Waals surface area contributed by atoms with Gasteiger partial charge in [0.2, 0.25) is 0 Å². The van der Waals surface area contributed by atoms with E-state index in [1.165, 1.54) is 6.07 Å². The lowest BCUT2D eigenvalue weighted by Crippen LogP contribution is -2.37. The number of carbonyl (C=O) groups excluding carboxylic acids is 1. The highest BCUT2D eigenvalue weighted by Crippen LogP contribution is 2.19. The standard InChI is InChI=1S/C15H21N3O3/c1-11-12(14(19)20)5-3-6-13(11)16-15(21)18-8-4-7-17(2)9-10-18/h3,5-6H,4,7-10H2,1-2H3,(H,16,21)(H,19,20). The van der Waals surface area contributed by atoms with E-state index < -0.39 is 5.97 Å². The van der Waals surface area contributed by atoms with Crippen LogP contribution in [0.3, 0.4) is 0 Å². The lowest BCUT2D eigenvalue weighted by molar-refractivity contribution is 0.0696. The summed E-state index contributed by atoms with van der Waals surface area (Å²) in [6.07, 6.45) is 0.943. The molecule has 1 aliphatic rings. The van der Waals surface area contributed by atoms with Crippen LogP contribution in [0.2, 0.25) is 0 Å². The molecule has 0 bridgehead atoms. The van der Waals surface area contributed by atoms with Crippen molar-refractivity contribution in [1.29, 1.82) is 0 Å². The molecule has 1 saturated heterocycles. The minimum absolute atomic E-state index is 0.170. The van der Waals surface area contributed by atoms with Crippen LogP contribution in [0.4, 0.5) is 10.5 Å². The number of likely N-dealkylation sites (N-methyl/N-ethyl adjacent to an activating group) is 1. The largest absolute Gasteiger partial charge is 0.478 e. The fraction of sp³-hybridized carbons (Fsp3) is 0.467. The molecule has 1 aliphatic heterocycles. The van der Waals surface area contributed by atoms with E-state index in [0.717, 1.165) is 19.5 Å². The zero-order valence-electron chi connectivity index (χ0n) is 12.4. The number of urea groups is 1. The third kappa shape index (κ3) is 3.72. The van der Waals surface area contributed by atoms with Gasteiger partial charge in [-0.05, 0) is 44.6 Å². The van der Waals surface area contributed by atoms with Crippen LogP contribution in [0.25, 0.3) is 0 Å². The van der Waals surface area contributed by atoms with E-state index in [1.807, 2.05) is 7.05 Å². The van der Waals surface area contributed by atoms with Gasteiger partial charge < -0.3 is 20.2 Å². The van der Waals surface area contributed by atoms with Crippen LogP contribution in [-0.4, -0.2) is 60.1 Å². The molecule has 6 nitrogen and oxygen atoms in total. The Kier molecular flexibility index (Phi) is 4.80. The Morgan fingerprint density at radius 2 is 1.95 bits per heavy atom. The number of benzene rings is 1. The number of carboxylic acid groups (broad SMARTS) is 1. The summed E-state index contributed by atoms with van der Waals surface area (Å²) in [6, 6.07) is 4.73. The molecule has 2 amide bonds. The second kappa shape index (κ2) is 6.58. The Labute approximate surface area is 124 Å². The van der Waals surface area contributed by atoms with Gasteiger partial charge in [0, 0.05) is 25.3 Å². The maximum Gasteiger partial charge on any atom is 0.336 e. The molecule has 6 heteroatoms. The van der Waals surface area contributed by atoms with Crippen molar-refractivity contribution < 1.29 is 14.7 Å². The Morgan fingerprint density at radius 3 is 2.67 bits per heavy atom. The SMILES string of the molecule is Cc1c(NC(=O)N2CCCN(C)CC2)cccc1C(=O)O. The third-order valence-electron chi connectivity index (χ3n) is 3.81. The molecule has 0 radical (unpaired) electrons. The van der Waals surface area contributed by atoms with Crippen LogP contribution in [0.5, 0.6) is 0 Å². The number of carboxylic acids is 1. The number of anilines is 1. The molecule has 0 saturated carbocycles. The second-order valence-electron chi connectivity index (χ2n) is 5.36. The normalized spacial score (nSPS) is 16.4. The summed E-state index contributed by atoms with van der Waals surface area (Å²) in [6.45, 7) is 4.93. The van der Waals surface area contributed by atoms with Crippen LogP contribution >= 0.6 is 0 Å². The minimum atomic E-state index is -0.986. The van der Waals surface area contributed by atoms with Gasteiger partial charge in [-0.3, -0.25) is 0 Å². The molecule has 2 rings (SSSR count). The molecule has 1 aromatic rings. The molecule has 1 fully saturated rings. The predicted octanol–water partition coefficient (Wildman–Crippen LogP) is 1.86. The van der Waals surface area contributed by atoms with E-state index >= 15 is 0 Å². The summed E-state index contributed by atoms with van der Waals surface area (Å²) in [5.41, 5.74) is 1.34. The summed E-state index contributed by atoms with van der Waals surface area (Å²) in [7, 11) is 2.04. The topological polar surface area (TPSA) is 72.9 Å². The van der Waals surface area contributed by atoms with Crippen LogP contribution in [0.15, 0.2) is 18.2 Å². The van der Waals surface area contributed by atoms with Crippen LogP contribution in [0, 0.1) is 6.92 Å². The highest BCUT2D eigenvalue weighted by molar-refractivity contribution is 5.95. The number of nitrogens with one attached hydrogen (secondary N) is 1. The van der Waals surface area contributed by atoms with E-state index in [0.29, 0.717) is 24.3 Å². The summed E-state index contributed by atoms with van der Waals surface area (Å²) in [4.78, 5) is 27.4. The molecule has 0 spiro atoms. The number of nitrogens with zero attached hydrogens (tertiary/aromatic N) is 2. The number of carbonyl (C=O) groups is 2. The van der Waals surface area contributed by atoms with Gasteiger partial charge in [-0.2, -0.15) is 0 Å². The predicted molar refractivity (Wildman–Crippen MR) is 80.8 cm³/mol. The third-order valence-corrected chi connectivity index (χ3v) is 3.81. The van der Waals surface area contributed by atoms with Gasteiger partial charge in [0.1, 0.15) is 0 Å². The fourth-order valence-corrected chi connectivity index (χ4v) is 2.45. The lowest BCUT2D eigenvalue weighted by Gasteiger charge is -2.22. The molecule has 0 unspecified atom stereocenters.